The number of hydrogen-bond acceptors (Lipinski definition) is 4. The van der Waals surface area contributed by atoms with Gasteiger partial charge in [0, 0.05) is 19.1 Å². The molecule has 1 atom stereocenters. The molecule has 1 aromatic heterocycles. The van der Waals surface area contributed by atoms with E-state index in [1.54, 1.807) is 17.0 Å². The van der Waals surface area contributed by atoms with Crippen LogP contribution >= 0.6 is 0 Å². The highest BCUT2D eigenvalue weighted by molar-refractivity contribution is 5.92. The first-order valence-corrected chi connectivity index (χ1v) is 6.88. The van der Waals surface area contributed by atoms with Gasteiger partial charge in [0.2, 0.25) is 0 Å². The maximum atomic E-state index is 12.9. The van der Waals surface area contributed by atoms with Crippen molar-refractivity contribution in [3.63, 3.8) is 0 Å². The number of carbonyl (C=O) groups excluding carboxylic acids is 1. The zero-order valence-corrected chi connectivity index (χ0v) is 11.4. The van der Waals surface area contributed by atoms with Crippen LogP contribution in [0, 0.1) is 5.82 Å². The van der Waals surface area contributed by atoms with Gasteiger partial charge in [0.25, 0.3) is 5.91 Å². The molecular formula is C14H16FN5O. The third-order valence-corrected chi connectivity index (χ3v) is 3.68. The van der Waals surface area contributed by atoms with Gasteiger partial charge in [-0.05, 0) is 37.1 Å². The molecule has 6 nitrogen and oxygen atoms in total. The van der Waals surface area contributed by atoms with Crippen molar-refractivity contribution in [2.45, 2.75) is 18.9 Å². The Morgan fingerprint density at radius 1 is 1.38 bits per heavy atom. The molecule has 2 aromatic rings. The number of likely N-dealkylation sites (tertiary alicyclic amines) is 1. The fraction of sp³-hybridized carbons (Fsp3) is 0.357. The lowest BCUT2D eigenvalue weighted by Gasteiger charge is -2.22. The summed E-state index contributed by atoms with van der Waals surface area (Å²) >= 11 is 0. The summed E-state index contributed by atoms with van der Waals surface area (Å²) in [6.45, 7) is 1.15. The van der Waals surface area contributed by atoms with Gasteiger partial charge in [-0.1, -0.05) is 0 Å². The molecule has 1 fully saturated rings. The molecule has 3 rings (SSSR count). The van der Waals surface area contributed by atoms with Crippen molar-refractivity contribution in [2.75, 3.05) is 13.1 Å². The lowest BCUT2D eigenvalue weighted by molar-refractivity contribution is 0.0734. The van der Waals surface area contributed by atoms with Gasteiger partial charge in [-0.3, -0.25) is 4.79 Å². The fourth-order valence-electron chi connectivity index (χ4n) is 2.56. The Balaban J connectivity index is 1.81. The first-order chi connectivity index (χ1) is 10.2. The number of aromatic nitrogens is 3. The molecule has 110 valence electrons. The molecule has 0 aliphatic carbocycles. The molecule has 0 radical (unpaired) electrons. The van der Waals surface area contributed by atoms with Crippen LogP contribution in [-0.2, 0) is 0 Å². The topological polar surface area (TPSA) is 77.0 Å². The molecule has 1 amide bonds. The minimum atomic E-state index is -0.329. The van der Waals surface area contributed by atoms with Gasteiger partial charge in [-0.25, -0.2) is 4.39 Å². The summed E-state index contributed by atoms with van der Waals surface area (Å²) in [7, 11) is 0. The Kier molecular flexibility index (Phi) is 3.66. The SMILES string of the molecule is NC[C@H]1CCCN1C(=O)c1cnn(-c2ccc(F)cc2)n1. The van der Waals surface area contributed by atoms with Gasteiger partial charge in [-0.2, -0.15) is 9.90 Å². The zero-order chi connectivity index (χ0) is 14.8. The summed E-state index contributed by atoms with van der Waals surface area (Å²) in [6, 6.07) is 5.84. The quantitative estimate of drug-likeness (QED) is 0.913. The van der Waals surface area contributed by atoms with Crippen molar-refractivity contribution in [3.8, 4) is 5.69 Å². The molecule has 2 heterocycles. The van der Waals surface area contributed by atoms with Crippen LogP contribution in [0.25, 0.3) is 5.69 Å². The lowest BCUT2D eigenvalue weighted by atomic mass is 10.2. The van der Waals surface area contributed by atoms with Gasteiger partial charge in [0.15, 0.2) is 5.69 Å². The molecule has 2 N–H and O–H groups in total. The molecule has 0 unspecified atom stereocenters. The van der Waals surface area contributed by atoms with Crippen molar-refractivity contribution < 1.29 is 9.18 Å². The van der Waals surface area contributed by atoms with E-state index in [1.807, 2.05) is 0 Å². The van der Waals surface area contributed by atoms with Crippen LogP contribution in [0.15, 0.2) is 30.5 Å². The van der Waals surface area contributed by atoms with Crippen LogP contribution in [0.2, 0.25) is 0 Å². The van der Waals surface area contributed by atoms with Gasteiger partial charge < -0.3 is 10.6 Å². The van der Waals surface area contributed by atoms with E-state index in [-0.39, 0.29) is 23.5 Å². The van der Waals surface area contributed by atoms with E-state index in [0.717, 1.165) is 12.8 Å². The van der Waals surface area contributed by atoms with Gasteiger partial charge >= 0.3 is 0 Å². The first-order valence-electron chi connectivity index (χ1n) is 6.88. The summed E-state index contributed by atoms with van der Waals surface area (Å²) in [5.74, 6) is -0.485. The molecule has 1 saturated heterocycles. The molecule has 1 aliphatic heterocycles. The van der Waals surface area contributed by atoms with E-state index >= 15 is 0 Å². The van der Waals surface area contributed by atoms with Crippen LogP contribution < -0.4 is 5.73 Å². The normalized spacial score (nSPS) is 18.2. The number of carbonyl (C=O) groups is 1. The van der Waals surface area contributed by atoms with Crippen molar-refractivity contribution in [3.05, 3.63) is 42.0 Å². The summed E-state index contributed by atoms with van der Waals surface area (Å²) in [4.78, 5) is 15.5. The molecule has 1 aromatic carbocycles. The predicted molar refractivity (Wildman–Crippen MR) is 74.4 cm³/mol. The molecule has 0 saturated carbocycles. The maximum absolute atomic E-state index is 12.9. The van der Waals surface area contributed by atoms with Crippen molar-refractivity contribution in [2.24, 2.45) is 5.73 Å². The number of nitrogens with zero attached hydrogens (tertiary/aromatic N) is 4. The van der Waals surface area contributed by atoms with E-state index in [1.165, 1.54) is 23.1 Å². The second-order valence-electron chi connectivity index (χ2n) is 5.03. The zero-order valence-electron chi connectivity index (χ0n) is 11.4. The second kappa shape index (κ2) is 5.61. The van der Waals surface area contributed by atoms with Crippen molar-refractivity contribution in [1.82, 2.24) is 19.9 Å². The Bertz CT molecular complexity index is 639. The highest BCUT2D eigenvalue weighted by atomic mass is 19.1. The van der Waals surface area contributed by atoms with Crippen LogP contribution in [0.1, 0.15) is 23.3 Å². The Morgan fingerprint density at radius 2 is 2.14 bits per heavy atom. The number of nitrogens with two attached hydrogens (primary N) is 1. The Morgan fingerprint density at radius 3 is 2.86 bits per heavy atom. The van der Waals surface area contributed by atoms with Crippen LogP contribution in [0.5, 0.6) is 0 Å². The van der Waals surface area contributed by atoms with Crippen LogP contribution in [-0.4, -0.2) is 44.9 Å². The highest BCUT2D eigenvalue weighted by Gasteiger charge is 2.29. The van der Waals surface area contributed by atoms with Gasteiger partial charge in [0.05, 0.1) is 11.9 Å². The number of hydrogen-bond donors (Lipinski definition) is 1. The summed E-state index contributed by atoms with van der Waals surface area (Å²) < 4.78 is 12.9. The largest absolute Gasteiger partial charge is 0.333 e. The number of halogens is 1. The molecule has 0 bridgehead atoms. The van der Waals surface area contributed by atoms with E-state index in [4.69, 9.17) is 5.73 Å². The smallest absolute Gasteiger partial charge is 0.276 e. The first kappa shape index (κ1) is 13.7. The third kappa shape index (κ3) is 2.64. The average Bonchev–Trinajstić information content (AvgIpc) is 3.16. The minimum absolute atomic E-state index is 0.0773. The maximum Gasteiger partial charge on any atom is 0.276 e. The second-order valence-corrected chi connectivity index (χ2v) is 5.03. The lowest BCUT2D eigenvalue weighted by Crippen LogP contribution is -2.40. The fourth-order valence-corrected chi connectivity index (χ4v) is 2.56. The standard InChI is InChI=1S/C14H16FN5O/c15-10-3-5-11(6-4-10)20-17-9-13(18-20)14(21)19-7-1-2-12(19)8-16/h3-6,9,12H,1-2,7-8,16H2/t12-/m1/s1. The summed E-state index contributed by atoms with van der Waals surface area (Å²) in [6.07, 6.45) is 3.31. The minimum Gasteiger partial charge on any atom is -0.333 e. The van der Waals surface area contributed by atoms with Crippen LogP contribution in [0.3, 0.4) is 0 Å². The monoisotopic (exact) mass is 289 g/mol. The average molecular weight is 289 g/mol. The van der Waals surface area contributed by atoms with E-state index in [2.05, 4.69) is 10.2 Å². The Labute approximate surface area is 121 Å². The van der Waals surface area contributed by atoms with E-state index in [0.29, 0.717) is 18.8 Å². The molecular weight excluding hydrogens is 273 g/mol. The van der Waals surface area contributed by atoms with Gasteiger partial charge in [-0.15, -0.1) is 5.10 Å². The Hall–Kier alpha value is -2.28. The summed E-state index contributed by atoms with van der Waals surface area (Å²) in [5, 5.41) is 8.24. The number of benzene rings is 1. The molecule has 1 aliphatic rings. The highest BCUT2D eigenvalue weighted by Crippen LogP contribution is 2.18. The predicted octanol–water partition coefficient (Wildman–Crippen LogP) is 0.970. The van der Waals surface area contributed by atoms with E-state index < -0.39 is 0 Å². The third-order valence-electron chi connectivity index (χ3n) is 3.68. The van der Waals surface area contributed by atoms with E-state index in [9.17, 15) is 9.18 Å². The molecule has 0 spiro atoms. The van der Waals surface area contributed by atoms with Crippen molar-refractivity contribution in [1.29, 1.82) is 0 Å². The number of rotatable bonds is 3. The van der Waals surface area contributed by atoms with Crippen molar-refractivity contribution >= 4 is 5.91 Å². The number of amides is 1. The molecule has 21 heavy (non-hydrogen) atoms. The molecule has 7 heteroatoms. The van der Waals surface area contributed by atoms with Gasteiger partial charge in [0.1, 0.15) is 5.82 Å². The summed E-state index contributed by atoms with van der Waals surface area (Å²) in [5.41, 5.74) is 6.56. The van der Waals surface area contributed by atoms with Crippen LogP contribution in [0.4, 0.5) is 4.39 Å².